The van der Waals surface area contributed by atoms with Gasteiger partial charge in [0.25, 0.3) is 0 Å². The summed E-state index contributed by atoms with van der Waals surface area (Å²) in [5.41, 5.74) is 7.70. The van der Waals surface area contributed by atoms with E-state index in [2.05, 4.69) is 0 Å². The van der Waals surface area contributed by atoms with Crippen molar-refractivity contribution in [3.8, 4) is 5.75 Å². The van der Waals surface area contributed by atoms with Crippen molar-refractivity contribution in [2.45, 2.75) is 6.04 Å². The van der Waals surface area contributed by atoms with E-state index in [-0.39, 0.29) is 0 Å². The average molecular weight is 351 g/mol. The molecule has 106 valence electrons. The highest BCUT2D eigenvalue weighted by molar-refractivity contribution is 6.42. The highest BCUT2D eigenvalue weighted by atomic mass is 35.5. The van der Waals surface area contributed by atoms with E-state index in [1.165, 1.54) is 7.11 Å². The minimum absolute atomic E-state index is 0.440. The monoisotopic (exact) mass is 349 g/mol. The van der Waals surface area contributed by atoms with Crippen molar-refractivity contribution < 1.29 is 4.74 Å². The number of hydrogen-bond donors (Lipinski definition) is 1. The van der Waals surface area contributed by atoms with Crippen LogP contribution in [-0.2, 0) is 0 Å². The zero-order chi connectivity index (χ0) is 14.9. The van der Waals surface area contributed by atoms with E-state index in [4.69, 9.17) is 56.9 Å². The Balaban J connectivity index is 2.45. The van der Waals surface area contributed by atoms with Gasteiger partial charge in [-0.05, 0) is 29.3 Å². The van der Waals surface area contributed by atoms with Crippen molar-refractivity contribution in [3.63, 3.8) is 0 Å². The maximum atomic E-state index is 6.22. The molecule has 2 aromatic carbocycles. The summed E-state index contributed by atoms with van der Waals surface area (Å²) >= 11 is 24.2. The third kappa shape index (κ3) is 3.16. The van der Waals surface area contributed by atoms with Gasteiger partial charge in [0.1, 0.15) is 5.75 Å². The van der Waals surface area contributed by atoms with Crippen LogP contribution < -0.4 is 10.5 Å². The predicted octanol–water partition coefficient (Wildman–Crippen LogP) is 5.36. The molecule has 0 heterocycles. The van der Waals surface area contributed by atoms with Crippen LogP contribution in [0.15, 0.2) is 30.3 Å². The van der Waals surface area contributed by atoms with Crippen LogP contribution in [0.3, 0.4) is 0 Å². The quantitative estimate of drug-likeness (QED) is 0.808. The summed E-state index contributed by atoms with van der Waals surface area (Å²) in [6.07, 6.45) is 0. The molecule has 2 nitrogen and oxygen atoms in total. The summed E-state index contributed by atoms with van der Waals surface area (Å²) in [4.78, 5) is 0. The van der Waals surface area contributed by atoms with Crippen molar-refractivity contribution in [3.05, 3.63) is 61.5 Å². The lowest BCUT2D eigenvalue weighted by Crippen LogP contribution is -2.12. The summed E-state index contributed by atoms with van der Waals surface area (Å²) < 4.78 is 5.11. The Labute approximate surface area is 137 Å². The van der Waals surface area contributed by atoms with Gasteiger partial charge in [0.05, 0.1) is 28.2 Å². The second-order valence-corrected chi connectivity index (χ2v) is 5.79. The van der Waals surface area contributed by atoms with E-state index in [1.54, 1.807) is 30.3 Å². The maximum absolute atomic E-state index is 6.22. The Bertz CT molecular complexity index is 645. The van der Waals surface area contributed by atoms with Crippen LogP contribution in [0.25, 0.3) is 0 Å². The molecule has 6 heteroatoms. The standard InChI is InChI=1S/C14H11Cl4NO/c1-20-13-6-10(16)8(5-12(13)18)14(19)7-2-3-9(15)11(17)4-7/h2-6,14H,19H2,1H3. The minimum atomic E-state index is -0.458. The predicted molar refractivity (Wildman–Crippen MR) is 85.5 cm³/mol. The molecular formula is C14H11Cl4NO. The molecule has 0 fully saturated rings. The lowest BCUT2D eigenvalue weighted by atomic mass is 9.99. The van der Waals surface area contributed by atoms with Crippen molar-refractivity contribution in [1.29, 1.82) is 0 Å². The molecule has 2 N–H and O–H groups in total. The van der Waals surface area contributed by atoms with Crippen LogP contribution >= 0.6 is 46.4 Å². The molecule has 20 heavy (non-hydrogen) atoms. The Morgan fingerprint density at radius 2 is 1.60 bits per heavy atom. The first kappa shape index (κ1) is 15.7. The van der Waals surface area contributed by atoms with Crippen molar-refractivity contribution in [2.75, 3.05) is 7.11 Å². The fourth-order valence-electron chi connectivity index (χ4n) is 1.82. The molecule has 0 aliphatic heterocycles. The first-order chi connectivity index (χ1) is 9.43. The van der Waals surface area contributed by atoms with Crippen LogP contribution in [0.4, 0.5) is 0 Å². The second-order valence-electron chi connectivity index (χ2n) is 4.16. The van der Waals surface area contributed by atoms with Crippen LogP contribution in [-0.4, -0.2) is 7.11 Å². The molecule has 0 aromatic heterocycles. The number of halogens is 4. The van der Waals surface area contributed by atoms with Crippen molar-refractivity contribution in [2.24, 2.45) is 5.73 Å². The zero-order valence-electron chi connectivity index (χ0n) is 10.5. The topological polar surface area (TPSA) is 35.2 Å². The first-order valence-electron chi connectivity index (χ1n) is 5.67. The highest BCUT2D eigenvalue weighted by Crippen LogP contribution is 2.36. The molecule has 2 aromatic rings. The molecule has 0 spiro atoms. The summed E-state index contributed by atoms with van der Waals surface area (Å²) in [6.45, 7) is 0. The van der Waals surface area contributed by atoms with Gasteiger partial charge < -0.3 is 10.5 Å². The van der Waals surface area contributed by atoms with Crippen LogP contribution in [0, 0.1) is 0 Å². The number of nitrogens with two attached hydrogens (primary N) is 1. The SMILES string of the molecule is COc1cc(Cl)c(C(N)c2ccc(Cl)c(Cl)c2)cc1Cl. The molecule has 0 amide bonds. The van der Waals surface area contributed by atoms with Gasteiger partial charge in [-0.25, -0.2) is 0 Å². The van der Waals surface area contributed by atoms with Gasteiger partial charge >= 0.3 is 0 Å². The summed E-state index contributed by atoms with van der Waals surface area (Å²) in [5, 5.41) is 1.84. The van der Waals surface area contributed by atoms with E-state index < -0.39 is 6.04 Å². The Morgan fingerprint density at radius 1 is 0.900 bits per heavy atom. The van der Waals surface area contributed by atoms with Gasteiger partial charge in [0.15, 0.2) is 0 Å². The molecule has 0 aliphatic carbocycles. The van der Waals surface area contributed by atoms with E-state index in [1.807, 2.05) is 0 Å². The molecular weight excluding hydrogens is 340 g/mol. The average Bonchev–Trinajstić information content (AvgIpc) is 2.43. The van der Waals surface area contributed by atoms with Crippen LogP contribution in [0.2, 0.25) is 20.1 Å². The van der Waals surface area contributed by atoms with Crippen molar-refractivity contribution >= 4 is 46.4 Å². The van der Waals surface area contributed by atoms with E-state index >= 15 is 0 Å². The largest absolute Gasteiger partial charge is 0.495 e. The third-order valence-electron chi connectivity index (χ3n) is 2.91. The Hall–Kier alpha value is -0.640. The fourth-order valence-corrected chi connectivity index (χ4v) is 2.65. The maximum Gasteiger partial charge on any atom is 0.138 e. The molecule has 0 saturated carbocycles. The Morgan fingerprint density at radius 3 is 2.20 bits per heavy atom. The fraction of sp³-hybridized carbons (Fsp3) is 0.143. The van der Waals surface area contributed by atoms with Gasteiger partial charge in [-0.1, -0.05) is 52.5 Å². The van der Waals surface area contributed by atoms with Gasteiger partial charge in [0.2, 0.25) is 0 Å². The van der Waals surface area contributed by atoms with E-state index in [0.717, 1.165) is 5.56 Å². The first-order valence-corrected chi connectivity index (χ1v) is 7.18. The van der Waals surface area contributed by atoms with Gasteiger partial charge in [-0.2, -0.15) is 0 Å². The second kappa shape index (κ2) is 6.42. The number of rotatable bonds is 3. The molecule has 2 rings (SSSR count). The van der Waals surface area contributed by atoms with E-state index in [0.29, 0.717) is 31.4 Å². The lowest BCUT2D eigenvalue weighted by Gasteiger charge is -2.16. The number of methoxy groups -OCH3 is 1. The van der Waals surface area contributed by atoms with Crippen LogP contribution in [0.5, 0.6) is 5.75 Å². The Kier molecular flexibility index (Phi) is 5.05. The van der Waals surface area contributed by atoms with Crippen LogP contribution in [0.1, 0.15) is 17.2 Å². The third-order valence-corrected chi connectivity index (χ3v) is 4.27. The summed E-state index contributed by atoms with van der Waals surface area (Å²) in [6, 6.07) is 8.07. The number of ether oxygens (including phenoxy) is 1. The molecule has 0 radical (unpaired) electrons. The number of hydrogen-bond acceptors (Lipinski definition) is 2. The molecule has 0 saturated heterocycles. The summed E-state index contributed by atoms with van der Waals surface area (Å²) in [5.74, 6) is 0.502. The van der Waals surface area contributed by atoms with Gasteiger partial charge in [0, 0.05) is 11.1 Å². The summed E-state index contributed by atoms with van der Waals surface area (Å²) in [7, 11) is 1.52. The smallest absolute Gasteiger partial charge is 0.138 e. The van der Waals surface area contributed by atoms with Gasteiger partial charge in [-0.3, -0.25) is 0 Å². The van der Waals surface area contributed by atoms with Crippen molar-refractivity contribution in [1.82, 2.24) is 0 Å². The number of benzene rings is 2. The normalized spacial score (nSPS) is 12.3. The molecule has 0 aliphatic rings. The molecule has 1 atom stereocenters. The van der Waals surface area contributed by atoms with E-state index in [9.17, 15) is 0 Å². The molecule has 1 unspecified atom stereocenters. The van der Waals surface area contributed by atoms with Gasteiger partial charge in [-0.15, -0.1) is 0 Å². The highest BCUT2D eigenvalue weighted by Gasteiger charge is 2.16. The zero-order valence-corrected chi connectivity index (χ0v) is 13.5. The lowest BCUT2D eigenvalue weighted by molar-refractivity contribution is 0.415. The minimum Gasteiger partial charge on any atom is -0.495 e. The molecule has 0 bridgehead atoms.